The van der Waals surface area contributed by atoms with Gasteiger partial charge in [-0.05, 0) is 23.8 Å². The van der Waals surface area contributed by atoms with Crippen molar-refractivity contribution in [2.75, 3.05) is 32.7 Å². The summed E-state index contributed by atoms with van der Waals surface area (Å²) in [6.45, 7) is 3.86. The first kappa shape index (κ1) is 24.2. The molecule has 2 aromatic rings. The number of carbonyl (C=O) groups excluding carboxylic acids is 2. The van der Waals surface area contributed by atoms with Gasteiger partial charge in [0.15, 0.2) is 0 Å². The fourth-order valence-electron chi connectivity index (χ4n) is 3.63. The molecule has 1 N–H and O–H groups in total. The lowest BCUT2D eigenvalue weighted by molar-refractivity contribution is -0.132. The van der Waals surface area contributed by atoms with Gasteiger partial charge in [-0.15, -0.1) is 0 Å². The zero-order valence-electron chi connectivity index (χ0n) is 17.7. The van der Waals surface area contributed by atoms with Gasteiger partial charge in [-0.3, -0.25) is 24.8 Å². The second kappa shape index (κ2) is 11.0. The van der Waals surface area contributed by atoms with E-state index in [0.29, 0.717) is 37.9 Å². The lowest BCUT2D eigenvalue weighted by atomic mass is 10.2. The maximum Gasteiger partial charge on any atom is 0.266 e. The predicted molar refractivity (Wildman–Crippen MR) is 138 cm³/mol. The molecule has 0 spiro atoms. The number of amides is 2. The number of thioether (sulfide) groups is 1. The van der Waals surface area contributed by atoms with Crippen LogP contribution in [0.2, 0.25) is 10.0 Å². The van der Waals surface area contributed by atoms with Gasteiger partial charge in [-0.2, -0.15) is 0 Å². The molecule has 2 fully saturated rings. The summed E-state index contributed by atoms with van der Waals surface area (Å²) in [5.41, 5.74) is 4.73. The summed E-state index contributed by atoms with van der Waals surface area (Å²) in [5, 5.41) is 2.77. The molecule has 2 aliphatic rings. The van der Waals surface area contributed by atoms with E-state index in [2.05, 4.69) is 22.5 Å². The molecule has 172 valence electrons. The molecule has 2 aromatic carbocycles. The normalized spacial score (nSPS) is 18.8. The smallest absolute Gasteiger partial charge is 0.266 e. The number of hydrogen-bond donors (Lipinski definition) is 1. The van der Waals surface area contributed by atoms with Crippen molar-refractivity contribution in [3.05, 3.63) is 74.6 Å². The molecule has 33 heavy (non-hydrogen) atoms. The number of piperazine rings is 1. The van der Waals surface area contributed by atoms with Gasteiger partial charge >= 0.3 is 0 Å². The number of carbonyl (C=O) groups is 2. The van der Waals surface area contributed by atoms with E-state index in [1.807, 2.05) is 23.2 Å². The Bertz CT molecular complexity index is 1070. The highest BCUT2D eigenvalue weighted by molar-refractivity contribution is 8.26. The highest BCUT2D eigenvalue weighted by atomic mass is 35.5. The standard InChI is InChI=1S/C23H22Cl2N4O2S2/c24-18-7-4-8-19(25)17(18)13-20-22(31)29(23(32)33-20)15-21(30)26-28-11-9-27(10-12-28)14-16-5-2-1-3-6-16/h1-8,13H,9-12,14-15H2,(H,26,30)/b20-13-. The Labute approximate surface area is 212 Å². The van der Waals surface area contributed by atoms with E-state index < -0.39 is 0 Å². The Hall–Kier alpha value is -1.94. The summed E-state index contributed by atoms with van der Waals surface area (Å²) in [7, 11) is 0. The highest BCUT2D eigenvalue weighted by Crippen LogP contribution is 2.35. The van der Waals surface area contributed by atoms with E-state index >= 15 is 0 Å². The number of benzene rings is 2. The van der Waals surface area contributed by atoms with Crippen LogP contribution in [0.4, 0.5) is 0 Å². The summed E-state index contributed by atoms with van der Waals surface area (Å²) in [6, 6.07) is 15.5. The summed E-state index contributed by atoms with van der Waals surface area (Å²) in [6.07, 6.45) is 1.62. The molecule has 0 saturated carbocycles. The number of thiocarbonyl (C=S) groups is 1. The maximum absolute atomic E-state index is 12.9. The topological polar surface area (TPSA) is 55.9 Å². The van der Waals surface area contributed by atoms with Crippen molar-refractivity contribution in [2.45, 2.75) is 6.54 Å². The van der Waals surface area contributed by atoms with Crippen LogP contribution < -0.4 is 5.43 Å². The third-order valence-electron chi connectivity index (χ3n) is 5.35. The summed E-state index contributed by atoms with van der Waals surface area (Å²) in [5.74, 6) is -0.608. The average Bonchev–Trinajstić information content (AvgIpc) is 3.06. The van der Waals surface area contributed by atoms with Gasteiger partial charge in [0, 0.05) is 48.3 Å². The number of hydrogen-bond acceptors (Lipinski definition) is 6. The fraction of sp³-hybridized carbons (Fsp3) is 0.261. The summed E-state index contributed by atoms with van der Waals surface area (Å²) >= 11 is 18.9. The minimum atomic E-state index is -0.330. The minimum absolute atomic E-state index is 0.136. The van der Waals surface area contributed by atoms with Crippen LogP contribution in [0.5, 0.6) is 0 Å². The van der Waals surface area contributed by atoms with Gasteiger partial charge < -0.3 is 0 Å². The lowest BCUT2D eigenvalue weighted by Gasteiger charge is -2.34. The average molecular weight is 521 g/mol. The van der Waals surface area contributed by atoms with Gasteiger partial charge in [0.05, 0.1) is 4.91 Å². The van der Waals surface area contributed by atoms with E-state index in [4.69, 9.17) is 35.4 Å². The Kier molecular flexibility index (Phi) is 8.06. The van der Waals surface area contributed by atoms with Crippen LogP contribution in [-0.2, 0) is 16.1 Å². The van der Waals surface area contributed by atoms with Crippen LogP contribution >= 0.6 is 47.2 Å². The number of nitrogens with zero attached hydrogens (tertiary/aromatic N) is 3. The molecule has 2 aliphatic heterocycles. The van der Waals surface area contributed by atoms with Crippen LogP contribution in [0, 0.1) is 0 Å². The zero-order chi connectivity index (χ0) is 23.4. The van der Waals surface area contributed by atoms with Crippen LogP contribution in [0.25, 0.3) is 6.08 Å². The molecule has 2 heterocycles. The molecular formula is C23H22Cl2N4O2S2. The summed E-state index contributed by atoms with van der Waals surface area (Å²) < 4.78 is 0.331. The first-order valence-electron chi connectivity index (χ1n) is 10.4. The molecule has 0 radical (unpaired) electrons. The molecule has 0 aromatic heterocycles. The predicted octanol–water partition coefficient (Wildman–Crippen LogP) is 4.04. The van der Waals surface area contributed by atoms with Crippen molar-refractivity contribution in [1.82, 2.24) is 20.2 Å². The summed E-state index contributed by atoms with van der Waals surface area (Å²) in [4.78, 5) is 29.5. The maximum atomic E-state index is 12.9. The molecule has 0 atom stereocenters. The Morgan fingerprint density at radius 3 is 2.36 bits per heavy atom. The second-order valence-electron chi connectivity index (χ2n) is 7.69. The van der Waals surface area contributed by atoms with Gasteiger partial charge in [0.1, 0.15) is 10.9 Å². The third-order valence-corrected chi connectivity index (χ3v) is 7.39. The van der Waals surface area contributed by atoms with Crippen molar-refractivity contribution < 1.29 is 9.59 Å². The van der Waals surface area contributed by atoms with Crippen molar-refractivity contribution in [3.8, 4) is 0 Å². The SMILES string of the molecule is O=C(CN1C(=O)/C(=C/c2c(Cl)cccc2Cl)SC1=S)NN1CCN(Cc2ccccc2)CC1. The van der Waals surface area contributed by atoms with Gasteiger partial charge in [0.25, 0.3) is 11.8 Å². The lowest BCUT2D eigenvalue weighted by Crippen LogP contribution is -2.55. The van der Waals surface area contributed by atoms with Crippen LogP contribution in [0.3, 0.4) is 0 Å². The molecule has 10 heteroatoms. The third kappa shape index (κ3) is 6.15. The first-order valence-corrected chi connectivity index (χ1v) is 12.4. The van der Waals surface area contributed by atoms with Gasteiger partial charge in [-0.25, -0.2) is 5.01 Å². The molecular weight excluding hydrogens is 499 g/mol. The van der Waals surface area contributed by atoms with Gasteiger partial charge in [-0.1, -0.05) is 83.6 Å². The number of halogens is 2. The largest absolute Gasteiger partial charge is 0.296 e. The Morgan fingerprint density at radius 1 is 1.03 bits per heavy atom. The van der Waals surface area contributed by atoms with E-state index in [-0.39, 0.29) is 18.4 Å². The molecule has 6 nitrogen and oxygen atoms in total. The first-order chi connectivity index (χ1) is 15.9. The molecule has 0 unspecified atom stereocenters. The van der Waals surface area contributed by atoms with E-state index in [0.717, 1.165) is 31.4 Å². The van der Waals surface area contributed by atoms with E-state index in [9.17, 15) is 9.59 Å². The zero-order valence-corrected chi connectivity index (χ0v) is 20.8. The fourth-order valence-corrected chi connectivity index (χ4v) is 5.37. The highest BCUT2D eigenvalue weighted by Gasteiger charge is 2.34. The molecule has 0 aliphatic carbocycles. The van der Waals surface area contributed by atoms with Crippen LogP contribution in [0.1, 0.15) is 11.1 Å². The minimum Gasteiger partial charge on any atom is -0.296 e. The van der Waals surface area contributed by atoms with Crippen LogP contribution in [-0.4, -0.2) is 63.7 Å². The van der Waals surface area contributed by atoms with Gasteiger partial charge in [0.2, 0.25) is 0 Å². The van der Waals surface area contributed by atoms with E-state index in [1.54, 1.807) is 24.3 Å². The molecule has 0 bridgehead atoms. The Morgan fingerprint density at radius 2 is 1.70 bits per heavy atom. The number of rotatable bonds is 6. The molecule has 2 amide bonds. The monoisotopic (exact) mass is 520 g/mol. The quantitative estimate of drug-likeness (QED) is 0.458. The second-order valence-corrected chi connectivity index (χ2v) is 10.2. The van der Waals surface area contributed by atoms with Crippen molar-refractivity contribution in [2.24, 2.45) is 0 Å². The Balaban J connectivity index is 1.29. The van der Waals surface area contributed by atoms with Crippen LogP contribution in [0.15, 0.2) is 53.4 Å². The van der Waals surface area contributed by atoms with Crippen molar-refractivity contribution >= 4 is 69.4 Å². The molecule has 2 saturated heterocycles. The number of nitrogens with one attached hydrogen (secondary N) is 1. The molecule has 4 rings (SSSR count). The van der Waals surface area contributed by atoms with Crippen molar-refractivity contribution in [3.63, 3.8) is 0 Å². The number of hydrazine groups is 1. The van der Waals surface area contributed by atoms with E-state index in [1.165, 1.54) is 10.5 Å². The van der Waals surface area contributed by atoms with Crippen molar-refractivity contribution in [1.29, 1.82) is 0 Å².